The molecule has 0 aliphatic carbocycles. The van der Waals surface area contributed by atoms with Gasteiger partial charge < -0.3 is 25.8 Å². The number of ether oxygens (including phenoxy) is 2. The Morgan fingerprint density at radius 3 is 1.59 bits per heavy atom. The van der Waals surface area contributed by atoms with Crippen molar-refractivity contribution in [3.8, 4) is 0 Å². The van der Waals surface area contributed by atoms with Gasteiger partial charge in [-0.15, -0.1) is 0 Å². The average Bonchev–Trinajstić information content (AvgIpc) is 3.05. The number of alkyl carbamates (subject to hydrolysis) is 1. The molecule has 3 rings (SSSR count). The first-order valence-electron chi connectivity index (χ1n) is 16.2. The van der Waals surface area contributed by atoms with E-state index in [-0.39, 0.29) is 37.1 Å². The molecule has 46 heavy (non-hydrogen) atoms. The standard InChI is InChI=1S/C37H51N3O4.CH5N/c1-28(2)36(6,7)29(3)43-26-23-35(4,5)44-34(42)39-25-24-38-33(41)27-40-37(30-17-11-8-12-18-30,31-19-13-9-14-20-31)32-21-15-10-16-22-32;1-2/h8-22,28-29,40H,23-27H2,1-7H3,(H,38,41)(H,39,42);2H2,1H3. The molecule has 0 aliphatic heterocycles. The fraction of sp³-hybridized carbons (Fsp3) is 0.474. The molecule has 0 aromatic heterocycles. The second kappa shape index (κ2) is 18.4. The molecule has 0 bridgehead atoms. The molecule has 3 aromatic carbocycles. The highest BCUT2D eigenvalue weighted by atomic mass is 16.6. The van der Waals surface area contributed by atoms with Crippen LogP contribution >= 0.6 is 0 Å². The van der Waals surface area contributed by atoms with E-state index in [1.54, 1.807) is 0 Å². The molecule has 1 atom stereocenters. The van der Waals surface area contributed by atoms with Crippen LogP contribution in [0.25, 0.3) is 0 Å². The van der Waals surface area contributed by atoms with E-state index in [1.807, 2.05) is 68.4 Å². The zero-order valence-electron chi connectivity index (χ0n) is 29.1. The quantitative estimate of drug-likeness (QED) is 0.110. The molecule has 8 nitrogen and oxygen atoms in total. The van der Waals surface area contributed by atoms with E-state index < -0.39 is 17.2 Å². The van der Waals surface area contributed by atoms with Gasteiger partial charge in [0, 0.05) is 19.5 Å². The molecule has 8 heteroatoms. The predicted molar refractivity (Wildman–Crippen MR) is 188 cm³/mol. The Hall–Kier alpha value is -3.72. The second-order valence-electron chi connectivity index (χ2n) is 12.9. The molecule has 1 unspecified atom stereocenters. The van der Waals surface area contributed by atoms with E-state index in [0.29, 0.717) is 18.9 Å². The van der Waals surface area contributed by atoms with Gasteiger partial charge in [-0.3, -0.25) is 10.1 Å². The molecular weight excluding hydrogens is 576 g/mol. The average molecular weight is 633 g/mol. The topological polar surface area (TPSA) is 115 Å². The van der Waals surface area contributed by atoms with Gasteiger partial charge in [0.15, 0.2) is 0 Å². The van der Waals surface area contributed by atoms with Crippen LogP contribution in [0.5, 0.6) is 0 Å². The van der Waals surface area contributed by atoms with Gasteiger partial charge in [0.05, 0.1) is 24.8 Å². The third-order valence-electron chi connectivity index (χ3n) is 8.83. The maximum absolute atomic E-state index is 13.0. The number of carbonyl (C=O) groups is 2. The van der Waals surface area contributed by atoms with Crippen molar-refractivity contribution in [2.24, 2.45) is 17.1 Å². The van der Waals surface area contributed by atoms with Gasteiger partial charge in [0.1, 0.15) is 5.60 Å². The number of rotatable bonds is 16. The summed E-state index contributed by atoms with van der Waals surface area (Å²) in [5.74, 6) is 0.311. The highest BCUT2D eigenvalue weighted by Gasteiger charge is 2.36. The number of hydrogen-bond donors (Lipinski definition) is 4. The lowest BCUT2D eigenvalue weighted by molar-refractivity contribution is -0.120. The number of hydrogen-bond acceptors (Lipinski definition) is 6. The van der Waals surface area contributed by atoms with Crippen molar-refractivity contribution < 1.29 is 19.1 Å². The van der Waals surface area contributed by atoms with Gasteiger partial charge in [-0.1, -0.05) is 119 Å². The molecule has 0 saturated carbocycles. The van der Waals surface area contributed by atoms with E-state index >= 15 is 0 Å². The SMILES string of the molecule is CC(C)C(C)(C)C(C)OCCC(C)(C)OC(=O)NCCNC(=O)CNC(c1ccccc1)(c1ccccc1)c1ccccc1.CN. The minimum Gasteiger partial charge on any atom is -0.443 e. The van der Waals surface area contributed by atoms with Gasteiger partial charge >= 0.3 is 6.09 Å². The smallest absolute Gasteiger partial charge is 0.407 e. The summed E-state index contributed by atoms with van der Waals surface area (Å²) >= 11 is 0. The zero-order chi connectivity index (χ0) is 34.2. The zero-order valence-corrected chi connectivity index (χ0v) is 29.1. The lowest BCUT2D eigenvalue weighted by atomic mass is 9.77. The highest BCUT2D eigenvalue weighted by Crippen LogP contribution is 2.36. The van der Waals surface area contributed by atoms with E-state index in [9.17, 15) is 9.59 Å². The van der Waals surface area contributed by atoms with Crippen molar-refractivity contribution in [3.05, 3.63) is 108 Å². The van der Waals surface area contributed by atoms with Gasteiger partial charge in [0.2, 0.25) is 5.91 Å². The summed E-state index contributed by atoms with van der Waals surface area (Å²) in [4.78, 5) is 25.5. The van der Waals surface area contributed by atoms with E-state index in [4.69, 9.17) is 9.47 Å². The van der Waals surface area contributed by atoms with Gasteiger partial charge in [-0.2, -0.15) is 0 Å². The lowest BCUT2D eigenvalue weighted by Crippen LogP contribution is -2.49. The molecule has 0 saturated heterocycles. The third kappa shape index (κ3) is 11.0. The number of benzene rings is 3. The normalized spacial score (nSPS) is 12.5. The fourth-order valence-corrected chi connectivity index (χ4v) is 5.02. The molecule has 0 aliphatic rings. The van der Waals surface area contributed by atoms with E-state index in [2.05, 4.69) is 92.7 Å². The number of nitrogens with two attached hydrogens (primary N) is 1. The Balaban J connectivity index is 0.00000361. The summed E-state index contributed by atoms with van der Waals surface area (Å²) in [6.07, 6.45) is 0.144. The Kier molecular flexibility index (Phi) is 15.4. The van der Waals surface area contributed by atoms with Crippen LogP contribution in [-0.2, 0) is 19.8 Å². The van der Waals surface area contributed by atoms with Crippen molar-refractivity contribution in [1.29, 1.82) is 0 Å². The Morgan fingerprint density at radius 2 is 1.15 bits per heavy atom. The summed E-state index contributed by atoms with van der Waals surface area (Å²) in [6, 6.07) is 30.4. The minimum atomic E-state index is -0.735. The Bertz CT molecular complexity index is 1200. The van der Waals surface area contributed by atoms with Gasteiger partial charge in [-0.05, 0) is 55.8 Å². The van der Waals surface area contributed by atoms with Gasteiger partial charge in [0.25, 0.3) is 0 Å². The first-order valence-corrected chi connectivity index (χ1v) is 16.2. The number of nitrogens with one attached hydrogen (secondary N) is 3. The van der Waals surface area contributed by atoms with Crippen LogP contribution in [-0.4, -0.2) is 57.0 Å². The second-order valence-corrected chi connectivity index (χ2v) is 12.9. The Labute approximate surface area is 276 Å². The molecule has 0 heterocycles. The summed E-state index contributed by atoms with van der Waals surface area (Å²) in [6.45, 7) is 15.7. The molecule has 3 aromatic rings. The van der Waals surface area contributed by atoms with Crippen LogP contribution in [0, 0.1) is 11.3 Å². The Morgan fingerprint density at radius 1 is 0.717 bits per heavy atom. The fourth-order valence-electron chi connectivity index (χ4n) is 5.02. The predicted octanol–water partition coefficient (Wildman–Crippen LogP) is 6.24. The van der Waals surface area contributed by atoms with Crippen LogP contribution in [0.2, 0.25) is 0 Å². The van der Waals surface area contributed by atoms with Crippen molar-refractivity contribution in [2.45, 2.75) is 72.1 Å². The van der Waals surface area contributed by atoms with Gasteiger partial charge in [-0.25, -0.2) is 4.79 Å². The summed E-state index contributed by atoms with van der Waals surface area (Å²) < 4.78 is 11.7. The maximum atomic E-state index is 13.0. The molecule has 2 amide bonds. The monoisotopic (exact) mass is 632 g/mol. The number of carbonyl (C=O) groups excluding carboxylic acids is 2. The van der Waals surface area contributed by atoms with Crippen LogP contribution < -0.4 is 21.7 Å². The van der Waals surface area contributed by atoms with Crippen molar-refractivity contribution in [2.75, 3.05) is 33.3 Å². The van der Waals surface area contributed by atoms with Crippen molar-refractivity contribution in [3.63, 3.8) is 0 Å². The molecule has 0 radical (unpaired) electrons. The van der Waals surface area contributed by atoms with Crippen molar-refractivity contribution in [1.82, 2.24) is 16.0 Å². The summed E-state index contributed by atoms with van der Waals surface area (Å²) in [5.41, 5.74) is 6.21. The maximum Gasteiger partial charge on any atom is 0.407 e. The summed E-state index contributed by atoms with van der Waals surface area (Å²) in [7, 11) is 1.50. The molecule has 0 spiro atoms. The molecule has 0 fully saturated rings. The third-order valence-corrected chi connectivity index (χ3v) is 8.83. The van der Waals surface area contributed by atoms with Crippen LogP contribution in [0.3, 0.4) is 0 Å². The van der Waals surface area contributed by atoms with E-state index in [0.717, 1.165) is 16.7 Å². The first kappa shape index (κ1) is 38.5. The lowest BCUT2D eigenvalue weighted by Gasteiger charge is -2.37. The summed E-state index contributed by atoms with van der Waals surface area (Å²) in [5, 5.41) is 9.22. The van der Waals surface area contributed by atoms with Crippen LogP contribution in [0.4, 0.5) is 4.79 Å². The molecule has 252 valence electrons. The highest BCUT2D eigenvalue weighted by molar-refractivity contribution is 5.78. The van der Waals surface area contributed by atoms with Crippen LogP contribution in [0.1, 0.15) is 71.6 Å². The largest absolute Gasteiger partial charge is 0.443 e. The minimum absolute atomic E-state index is 0.0501. The van der Waals surface area contributed by atoms with E-state index in [1.165, 1.54) is 7.05 Å². The van der Waals surface area contributed by atoms with Crippen molar-refractivity contribution >= 4 is 12.0 Å². The molecular formula is C38H56N4O4. The first-order chi connectivity index (χ1) is 21.9. The molecule has 5 N–H and O–H groups in total. The number of amides is 2. The van der Waals surface area contributed by atoms with Crippen LogP contribution in [0.15, 0.2) is 91.0 Å².